The highest BCUT2D eigenvalue weighted by Gasteiger charge is 2.19. The molecule has 2 aromatic carbocycles. The van der Waals surface area contributed by atoms with Gasteiger partial charge in [-0.05, 0) is 35.2 Å². The zero-order chi connectivity index (χ0) is 24.5. The number of rotatable bonds is 6. The van der Waals surface area contributed by atoms with E-state index in [2.05, 4.69) is 75.8 Å². The smallest absolute Gasteiger partial charge is 0.205 e. The summed E-state index contributed by atoms with van der Waals surface area (Å²) in [5.41, 5.74) is 8.67. The van der Waals surface area contributed by atoms with Gasteiger partial charge in [-0.1, -0.05) is 55.5 Å². The predicted octanol–water partition coefficient (Wildman–Crippen LogP) is 3.87. The van der Waals surface area contributed by atoms with Gasteiger partial charge in [-0.25, -0.2) is 9.50 Å². The number of aryl methyl sites for hydroxylation is 2. The minimum Gasteiger partial charge on any atom is -0.378 e. The Kier molecular flexibility index (Phi) is 5.90. The molecule has 0 atom stereocenters. The Bertz CT molecular complexity index is 1480. The third-order valence-corrected chi connectivity index (χ3v) is 6.76. The Hall–Kier alpha value is -4.11. The SMILES string of the molecule is CCc1nn2c(C)cc(N3CCOCC3)nc2c1Cc1ccc(-c2ccccc2-c2nn[nH]n2)cc1. The second-order valence-corrected chi connectivity index (χ2v) is 9.02. The van der Waals surface area contributed by atoms with Gasteiger partial charge in [-0.3, -0.25) is 0 Å². The molecule has 1 saturated heterocycles. The first-order valence-electron chi connectivity index (χ1n) is 12.3. The second-order valence-electron chi connectivity index (χ2n) is 9.02. The first-order chi connectivity index (χ1) is 17.7. The Morgan fingerprint density at radius 1 is 1.00 bits per heavy atom. The van der Waals surface area contributed by atoms with Gasteiger partial charge in [0, 0.05) is 42.4 Å². The molecule has 0 aliphatic carbocycles. The van der Waals surface area contributed by atoms with E-state index in [0.29, 0.717) is 5.82 Å². The number of hydrogen-bond acceptors (Lipinski definition) is 7. The standard InChI is InChI=1S/C27H28N8O/c1-3-24-23(27-28-25(16-18(2)35(27)31-24)34-12-14-36-15-13-34)17-19-8-10-20(11-9-19)21-6-4-5-7-22(21)26-29-32-33-30-26/h4-11,16H,3,12-15,17H2,1-2H3,(H,29,30,32,33). The van der Waals surface area contributed by atoms with Crippen LogP contribution in [-0.2, 0) is 17.6 Å². The van der Waals surface area contributed by atoms with Gasteiger partial charge in [0.2, 0.25) is 5.82 Å². The van der Waals surface area contributed by atoms with Crippen molar-refractivity contribution in [2.75, 3.05) is 31.2 Å². The second kappa shape index (κ2) is 9.50. The molecule has 3 aromatic heterocycles. The number of nitrogens with one attached hydrogen (secondary N) is 1. The lowest BCUT2D eigenvalue weighted by molar-refractivity contribution is 0.122. The molecular weight excluding hydrogens is 452 g/mol. The summed E-state index contributed by atoms with van der Waals surface area (Å²) in [4.78, 5) is 7.38. The molecule has 1 aliphatic heterocycles. The van der Waals surface area contributed by atoms with Gasteiger partial charge in [0.15, 0.2) is 5.65 Å². The van der Waals surface area contributed by atoms with Crippen LogP contribution < -0.4 is 4.90 Å². The van der Waals surface area contributed by atoms with Crippen LogP contribution in [0.3, 0.4) is 0 Å². The highest BCUT2D eigenvalue weighted by atomic mass is 16.5. The van der Waals surface area contributed by atoms with Crippen molar-refractivity contribution in [3.8, 4) is 22.5 Å². The predicted molar refractivity (Wildman–Crippen MR) is 138 cm³/mol. The van der Waals surface area contributed by atoms with Crippen molar-refractivity contribution in [3.63, 3.8) is 0 Å². The summed E-state index contributed by atoms with van der Waals surface area (Å²) in [5.74, 6) is 1.59. The van der Waals surface area contributed by atoms with Gasteiger partial charge < -0.3 is 9.64 Å². The zero-order valence-electron chi connectivity index (χ0n) is 20.5. The number of ether oxygens (including phenoxy) is 1. The normalized spacial score (nSPS) is 14.0. The van der Waals surface area contributed by atoms with Gasteiger partial charge in [0.25, 0.3) is 0 Å². The number of aromatic nitrogens is 7. The van der Waals surface area contributed by atoms with Gasteiger partial charge >= 0.3 is 0 Å². The highest BCUT2D eigenvalue weighted by Crippen LogP contribution is 2.31. The molecule has 0 unspecified atom stereocenters. The summed E-state index contributed by atoms with van der Waals surface area (Å²) in [5, 5.41) is 19.5. The average Bonchev–Trinajstić information content (AvgIpc) is 3.59. The molecule has 9 heteroatoms. The molecule has 6 rings (SSSR count). The molecule has 0 amide bonds. The maximum absolute atomic E-state index is 5.53. The third kappa shape index (κ3) is 4.11. The molecule has 182 valence electrons. The summed E-state index contributed by atoms with van der Waals surface area (Å²) in [6, 6.07) is 18.9. The maximum Gasteiger partial charge on any atom is 0.205 e. The first kappa shape index (κ1) is 22.4. The van der Waals surface area contributed by atoms with E-state index >= 15 is 0 Å². The molecule has 1 N–H and O–H groups in total. The number of benzene rings is 2. The van der Waals surface area contributed by atoms with Gasteiger partial charge in [0.1, 0.15) is 5.82 Å². The van der Waals surface area contributed by atoms with Crippen molar-refractivity contribution >= 4 is 11.5 Å². The summed E-state index contributed by atoms with van der Waals surface area (Å²) < 4.78 is 7.53. The van der Waals surface area contributed by atoms with Crippen molar-refractivity contribution in [1.82, 2.24) is 35.2 Å². The molecule has 1 aliphatic rings. The Morgan fingerprint density at radius 3 is 2.50 bits per heavy atom. The molecule has 0 spiro atoms. The lowest BCUT2D eigenvalue weighted by Gasteiger charge is -2.28. The minimum absolute atomic E-state index is 0.589. The first-order valence-corrected chi connectivity index (χ1v) is 12.3. The van der Waals surface area contributed by atoms with Crippen LogP contribution in [-0.4, -0.2) is 61.5 Å². The number of nitrogens with zero attached hydrogens (tertiary/aromatic N) is 7. The number of hydrogen-bond donors (Lipinski definition) is 1. The number of fused-ring (bicyclic) bond motifs is 1. The lowest BCUT2D eigenvalue weighted by Crippen LogP contribution is -2.36. The third-order valence-electron chi connectivity index (χ3n) is 6.76. The van der Waals surface area contributed by atoms with Gasteiger partial charge in [-0.2, -0.15) is 10.3 Å². The molecule has 0 saturated carbocycles. The molecule has 5 aromatic rings. The van der Waals surface area contributed by atoms with E-state index in [-0.39, 0.29) is 0 Å². The van der Waals surface area contributed by atoms with Gasteiger partial charge in [-0.15, -0.1) is 10.2 Å². The van der Waals surface area contributed by atoms with Crippen molar-refractivity contribution in [3.05, 3.63) is 77.1 Å². The molecule has 0 radical (unpaired) electrons. The minimum atomic E-state index is 0.589. The van der Waals surface area contributed by atoms with Crippen LogP contribution >= 0.6 is 0 Å². The van der Waals surface area contributed by atoms with Crippen molar-refractivity contribution in [2.24, 2.45) is 0 Å². The molecule has 36 heavy (non-hydrogen) atoms. The maximum atomic E-state index is 5.53. The van der Waals surface area contributed by atoms with Crippen molar-refractivity contribution < 1.29 is 4.74 Å². The summed E-state index contributed by atoms with van der Waals surface area (Å²) >= 11 is 0. The largest absolute Gasteiger partial charge is 0.378 e. The number of H-pyrrole nitrogens is 1. The Labute approximate surface area is 209 Å². The van der Waals surface area contributed by atoms with E-state index in [9.17, 15) is 0 Å². The fourth-order valence-electron chi connectivity index (χ4n) is 4.87. The fraction of sp³-hybridized carbons (Fsp3) is 0.296. The lowest BCUT2D eigenvalue weighted by atomic mass is 9.96. The summed E-state index contributed by atoms with van der Waals surface area (Å²) in [6.45, 7) is 7.45. The molecule has 1 fully saturated rings. The highest BCUT2D eigenvalue weighted by molar-refractivity contribution is 5.80. The van der Waals surface area contributed by atoms with Crippen LogP contribution in [0, 0.1) is 6.92 Å². The summed E-state index contributed by atoms with van der Waals surface area (Å²) in [6.07, 6.45) is 1.64. The topological polar surface area (TPSA) is 97.1 Å². The molecule has 4 heterocycles. The van der Waals surface area contributed by atoms with Crippen LogP contribution in [0.15, 0.2) is 54.6 Å². The number of morpholine rings is 1. The van der Waals surface area contributed by atoms with Crippen molar-refractivity contribution in [2.45, 2.75) is 26.7 Å². The number of tetrazole rings is 1. The Balaban J connectivity index is 1.34. The van der Waals surface area contributed by atoms with E-state index < -0.39 is 0 Å². The fourth-order valence-corrected chi connectivity index (χ4v) is 4.87. The van der Waals surface area contributed by atoms with Gasteiger partial charge in [0.05, 0.1) is 18.9 Å². The van der Waals surface area contributed by atoms with Crippen LogP contribution in [0.4, 0.5) is 5.82 Å². The van der Waals surface area contributed by atoms with Crippen LogP contribution in [0.1, 0.15) is 29.4 Å². The van der Waals surface area contributed by atoms with E-state index in [4.69, 9.17) is 14.8 Å². The van der Waals surface area contributed by atoms with E-state index in [1.165, 1.54) is 11.1 Å². The number of aromatic amines is 1. The van der Waals surface area contributed by atoms with E-state index in [0.717, 1.165) is 78.7 Å². The molecule has 9 nitrogen and oxygen atoms in total. The van der Waals surface area contributed by atoms with Crippen LogP contribution in [0.25, 0.3) is 28.2 Å². The molecule has 0 bridgehead atoms. The number of anilines is 1. The van der Waals surface area contributed by atoms with Crippen molar-refractivity contribution in [1.29, 1.82) is 0 Å². The van der Waals surface area contributed by atoms with E-state index in [1.807, 2.05) is 22.7 Å². The summed E-state index contributed by atoms with van der Waals surface area (Å²) in [7, 11) is 0. The monoisotopic (exact) mass is 480 g/mol. The van der Waals surface area contributed by atoms with Crippen LogP contribution in [0.5, 0.6) is 0 Å². The zero-order valence-corrected chi connectivity index (χ0v) is 20.5. The average molecular weight is 481 g/mol. The van der Waals surface area contributed by atoms with Crippen LogP contribution in [0.2, 0.25) is 0 Å². The Morgan fingerprint density at radius 2 is 1.78 bits per heavy atom. The van der Waals surface area contributed by atoms with E-state index in [1.54, 1.807) is 0 Å². The molecular formula is C27H28N8O. The quantitative estimate of drug-likeness (QED) is 0.394.